The van der Waals surface area contributed by atoms with Gasteiger partial charge < -0.3 is 5.32 Å². The summed E-state index contributed by atoms with van der Waals surface area (Å²) in [4.78, 5) is 23.8. The third-order valence-corrected chi connectivity index (χ3v) is 4.30. The van der Waals surface area contributed by atoms with Gasteiger partial charge in [-0.3, -0.25) is 9.59 Å². The predicted molar refractivity (Wildman–Crippen MR) is 105 cm³/mol. The smallest absolute Gasteiger partial charge is 0.321 e. The molecule has 2 aromatic carbocycles. The summed E-state index contributed by atoms with van der Waals surface area (Å²) >= 11 is 0. The van der Waals surface area contributed by atoms with Crippen molar-refractivity contribution in [2.75, 3.05) is 5.32 Å². The van der Waals surface area contributed by atoms with Gasteiger partial charge in [0.1, 0.15) is 5.82 Å². The Morgan fingerprint density at radius 3 is 2.50 bits per heavy atom. The molecule has 0 aliphatic rings. The third kappa shape index (κ3) is 4.24. The Bertz CT molecular complexity index is 1340. The summed E-state index contributed by atoms with van der Waals surface area (Å²) in [6, 6.07) is 13.1. The Balaban J connectivity index is 1.68. The highest BCUT2D eigenvalue weighted by atomic mass is 19.4. The number of halogens is 4. The van der Waals surface area contributed by atoms with Gasteiger partial charge in [0.2, 0.25) is 0 Å². The first kappa shape index (κ1) is 20.9. The molecule has 8 nitrogen and oxygen atoms in total. The van der Waals surface area contributed by atoms with Crippen LogP contribution in [0.5, 0.6) is 0 Å². The zero-order chi connectivity index (χ0) is 22.9. The average molecular weight is 444 g/mol. The van der Waals surface area contributed by atoms with Gasteiger partial charge in [-0.2, -0.15) is 18.3 Å². The quantitative estimate of drug-likeness (QED) is 0.469. The largest absolute Gasteiger partial charge is 0.435 e. The number of benzene rings is 2. The van der Waals surface area contributed by atoms with Crippen molar-refractivity contribution < 1.29 is 22.4 Å². The van der Waals surface area contributed by atoms with Crippen LogP contribution in [0.2, 0.25) is 0 Å². The molecule has 0 fully saturated rings. The molecule has 0 radical (unpaired) electrons. The molecule has 4 rings (SSSR count). The average Bonchev–Trinajstić information content (AvgIpc) is 3.21. The number of H-pyrrole nitrogens is 1. The molecular formula is C20H12F4N6O2. The number of alkyl halides is 3. The predicted octanol–water partition coefficient (Wildman–Crippen LogP) is 3.43. The van der Waals surface area contributed by atoms with Crippen LogP contribution < -0.4 is 10.9 Å². The lowest BCUT2D eigenvalue weighted by atomic mass is 10.1. The van der Waals surface area contributed by atoms with E-state index in [4.69, 9.17) is 0 Å². The first-order valence-corrected chi connectivity index (χ1v) is 8.99. The van der Waals surface area contributed by atoms with Gasteiger partial charge in [-0.1, -0.05) is 23.4 Å². The van der Waals surface area contributed by atoms with Crippen molar-refractivity contribution >= 4 is 11.6 Å². The van der Waals surface area contributed by atoms with Crippen LogP contribution in [-0.4, -0.2) is 31.1 Å². The summed E-state index contributed by atoms with van der Waals surface area (Å²) in [5.74, 6) is -1.93. The highest BCUT2D eigenvalue weighted by molar-refractivity contribution is 6.04. The number of rotatable bonds is 4. The van der Waals surface area contributed by atoms with Crippen molar-refractivity contribution in [2.24, 2.45) is 0 Å². The Labute approximate surface area is 176 Å². The molecule has 1 amide bonds. The van der Waals surface area contributed by atoms with Gasteiger partial charge in [0.05, 0.1) is 11.4 Å². The number of amides is 1. The zero-order valence-corrected chi connectivity index (χ0v) is 15.9. The summed E-state index contributed by atoms with van der Waals surface area (Å²) in [5, 5.41) is 15.3. The molecule has 0 saturated carbocycles. The maximum absolute atomic E-state index is 13.7. The molecule has 12 heteroatoms. The van der Waals surface area contributed by atoms with Crippen LogP contribution >= 0.6 is 0 Å². The topological polar surface area (TPSA) is 106 Å². The SMILES string of the molecule is O=C(Nc1cccc(-c2ccc(=O)[nH]n2)c1)c1nnn(-c2cccc(F)c2)c1C(F)(F)F. The number of carbonyl (C=O) groups is 1. The van der Waals surface area contributed by atoms with Crippen LogP contribution in [0.3, 0.4) is 0 Å². The monoisotopic (exact) mass is 444 g/mol. The van der Waals surface area contributed by atoms with Crippen molar-refractivity contribution in [3.8, 4) is 16.9 Å². The number of hydrogen-bond acceptors (Lipinski definition) is 5. The summed E-state index contributed by atoms with van der Waals surface area (Å²) in [6.07, 6.45) is -5.00. The standard InChI is InChI=1S/C20H12F4N6O2/c21-12-4-2-6-14(10-12)30-18(20(22,23)24)17(28-29-30)19(32)25-13-5-1-3-11(9-13)15-7-8-16(31)27-26-15/h1-10H,(H,25,32)(H,27,31). The van der Waals surface area contributed by atoms with Crippen LogP contribution in [0.4, 0.5) is 23.2 Å². The highest BCUT2D eigenvalue weighted by Gasteiger charge is 2.42. The number of hydrogen-bond donors (Lipinski definition) is 2. The van der Waals surface area contributed by atoms with Crippen molar-refractivity contribution in [3.05, 3.63) is 88.2 Å². The van der Waals surface area contributed by atoms with E-state index in [1.54, 1.807) is 12.1 Å². The number of carbonyl (C=O) groups excluding carboxylic acids is 1. The molecule has 0 spiro atoms. The second-order valence-electron chi connectivity index (χ2n) is 6.52. The van der Waals surface area contributed by atoms with Crippen LogP contribution in [0.15, 0.2) is 65.5 Å². The molecule has 2 heterocycles. The fraction of sp³-hybridized carbons (Fsp3) is 0.0500. The normalized spacial score (nSPS) is 11.4. The van der Waals surface area contributed by atoms with Crippen LogP contribution in [0.1, 0.15) is 16.2 Å². The molecule has 162 valence electrons. The molecule has 0 unspecified atom stereocenters. The van der Waals surface area contributed by atoms with E-state index >= 15 is 0 Å². The van der Waals surface area contributed by atoms with E-state index in [1.807, 2.05) is 0 Å². The van der Waals surface area contributed by atoms with Gasteiger partial charge in [-0.25, -0.2) is 14.2 Å². The molecule has 0 saturated heterocycles. The summed E-state index contributed by atoms with van der Waals surface area (Å²) < 4.78 is 55.0. The minimum absolute atomic E-state index is 0.161. The summed E-state index contributed by atoms with van der Waals surface area (Å²) in [7, 11) is 0. The lowest BCUT2D eigenvalue weighted by Gasteiger charge is -2.11. The number of aromatic nitrogens is 5. The van der Waals surface area contributed by atoms with E-state index in [2.05, 4.69) is 25.8 Å². The van der Waals surface area contributed by atoms with Gasteiger partial charge in [-0.15, -0.1) is 5.10 Å². The molecule has 32 heavy (non-hydrogen) atoms. The Kier molecular flexibility index (Phi) is 5.26. The number of anilines is 1. The first-order chi connectivity index (χ1) is 15.2. The van der Waals surface area contributed by atoms with E-state index in [0.717, 1.165) is 12.1 Å². The first-order valence-electron chi connectivity index (χ1n) is 8.99. The van der Waals surface area contributed by atoms with Crippen LogP contribution in [0.25, 0.3) is 16.9 Å². The van der Waals surface area contributed by atoms with Gasteiger partial charge in [0.25, 0.3) is 11.5 Å². The molecule has 2 N–H and O–H groups in total. The van der Waals surface area contributed by atoms with E-state index in [1.165, 1.54) is 36.4 Å². The molecule has 0 bridgehead atoms. The molecule has 0 atom stereocenters. The zero-order valence-electron chi connectivity index (χ0n) is 15.9. The van der Waals surface area contributed by atoms with E-state index < -0.39 is 34.8 Å². The highest BCUT2D eigenvalue weighted by Crippen LogP contribution is 2.33. The molecule has 2 aromatic heterocycles. The van der Waals surface area contributed by atoms with Crippen molar-refractivity contribution in [3.63, 3.8) is 0 Å². The van der Waals surface area contributed by atoms with Crippen LogP contribution in [0, 0.1) is 5.82 Å². The molecular weight excluding hydrogens is 432 g/mol. The summed E-state index contributed by atoms with van der Waals surface area (Å²) in [5.41, 5.74) is -2.02. The number of aromatic amines is 1. The Morgan fingerprint density at radius 2 is 1.81 bits per heavy atom. The second kappa shape index (κ2) is 8.06. The second-order valence-corrected chi connectivity index (χ2v) is 6.52. The van der Waals surface area contributed by atoms with Crippen molar-refractivity contribution in [1.29, 1.82) is 0 Å². The Morgan fingerprint density at radius 1 is 1.03 bits per heavy atom. The maximum atomic E-state index is 13.7. The van der Waals surface area contributed by atoms with E-state index in [0.29, 0.717) is 15.9 Å². The molecule has 0 aliphatic heterocycles. The van der Waals surface area contributed by atoms with Crippen molar-refractivity contribution in [2.45, 2.75) is 6.18 Å². The lowest BCUT2D eigenvalue weighted by Crippen LogP contribution is -2.21. The fourth-order valence-corrected chi connectivity index (χ4v) is 2.93. The van der Waals surface area contributed by atoms with Gasteiger partial charge in [0, 0.05) is 17.3 Å². The number of nitrogens with one attached hydrogen (secondary N) is 2. The number of nitrogens with zero attached hydrogens (tertiary/aromatic N) is 4. The lowest BCUT2D eigenvalue weighted by molar-refractivity contribution is -0.143. The van der Waals surface area contributed by atoms with Crippen molar-refractivity contribution in [1.82, 2.24) is 25.2 Å². The van der Waals surface area contributed by atoms with E-state index in [9.17, 15) is 27.2 Å². The van der Waals surface area contributed by atoms with Crippen LogP contribution in [-0.2, 0) is 6.18 Å². The van der Waals surface area contributed by atoms with Gasteiger partial charge >= 0.3 is 6.18 Å². The van der Waals surface area contributed by atoms with Gasteiger partial charge in [0.15, 0.2) is 11.4 Å². The Hall–Kier alpha value is -4.35. The van der Waals surface area contributed by atoms with Gasteiger partial charge in [-0.05, 0) is 36.4 Å². The maximum Gasteiger partial charge on any atom is 0.435 e. The molecule has 0 aliphatic carbocycles. The van der Waals surface area contributed by atoms with E-state index in [-0.39, 0.29) is 11.4 Å². The molecule has 4 aromatic rings. The fourth-order valence-electron chi connectivity index (χ4n) is 2.93. The minimum atomic E-state index is -5.00. The third-order valence-electron chi connectivity index (χ3n) is 4.30. The minimum Gasteiger partial charge on any atom is -0.321 e. The summed E-state index contributed by atoms with van der Waals surface area (Å²) in [6.45, 7) is 0.